The van der Waals surface area contributed by atoms with Crippen molar-refractivity contribution in [1.82, 2.24) is 19.7 Å². The molecule has 0 saturated carbocycles. The van der Waals surface area contributed by atoms with Crippen LogP contribution in [0.5, 0.6) is 6.01 Å². The number of anilines is 1. The molecular formula is C13H11IN5NaO6S. The van der Waals surface area contributed by atoms with Gasteiger partial charge < -0.3 is 14.6 Å². The van der Waals surface area contributed by atoms with E-state index in [1.165, 1.54) is 20.1 Å². The number of carboxylic acid groups (broad SMARTS) is 1. The van der Waals surface area contributed by atoms with Crippen molar-refractivity contribution in [3.05, 3.63) is 33.2 Å². The molecule has 0 spiro atoms. The van der Waals surface area contributed by atoms with E-state index < -0.39 is 32.5 Å². The maximum Gasteiger partial charge on any atom is 1.00 e. The first-order valence-electron chi connectivity index (χ1n) is 6.73. The van der Waals surface area contributed by atoms with Crippen molar-refractivity contribution >= 4 is 50.6 Å². The summed E-state index contributed by atoms with van der Waals surface area (Å²) in [6.45, 7) is 1.52. The van der Waals surface area contributed by atoms with Crippen LogP contribution in [0.15, 0.2) is 23.1 Å². The molecule has 14 heteroatoms. The minimum Gasteiger partial charge on any atom is -0.545 e. The number of aromatic nitrogens is 3. The van der Waals surface area contributed by atoms with Gasteiger partial charge in [0.1, 0.15) is 5.82 Å². The first-order chi connectivity index (χ1) is 12.1. The fraction of sp³-hybridized carbons (Fsp3) is 0.154. The Hall–Kier alpha value is -1.55. The molecule has 0 radical (unpaired) electrons. The van der Waals surface area contributed by atoms with Gasteiger partial charge in [-0.15, -0.1) is 0 Å². The van der Waals surface area contributed by atoms with Gasteiger partial charge >= 0.3 is 41.6 Å². The summed E-state index contributed by atoms with van der Waals surface area (Å²) in [7, 11) is -3.19. The molecule has 1 aromatic heterocycles. The predicted octanol–water partition coefficient (Wildman–Crippen LogP) is -3.33. The summed E-state index contributed by atoms with van der Waals surface area (Å²) < 4.78 is 31.7. The minimum absolute atomic E-state index is 0. The number of hydrogen-bond donors (Lipinski definition) is 2. The number of sulfonamides is 1. The number of nitrogens with zero attached hydrogens (tertiary/aromatic N) is 3. The third-order valence-corrected chi connectivity index (χ3v) is 4.86. The fourth-order valence-electron chi connectivity index (χ4n) is 1.80. The number of carboxylic acids is 1. The van der Waals surface area contributed by atoms with Crippen molar-refractivity contribution in [3.8, 4) is 6.01 Å². The molecule has 11 nitrogen and oxygen atoms in total. The first kappa shape index (κ1) is 23.5. The average molecular weight is 515 g/mol. The van der Waals surface area contributed by atoms with E-state index in [0.717, 1.165) is 12.1 Å². The number of amides is 2. The molecule has 0 atom stereocenters. The van der Waals surface area contributed by atoms with Crippen LogP contribution in [-0.4, -0.2) is 42.5 Å². The molecule has 0 saturated heterocycles. The maximum atomic E-state index is 12.4. The van der Waals surface area contributed by atoms with Crippen molar-refractivity contribution in [3.63, 3.8) is 0 Å². The molecular weight excluding hydrogens is 504 g/mol. The van der Waals surface area contributed by atoms with E-state index in [9.17, 15) is 23.1 Å². The van der Waals surface area contributed by atoms with Gasteiger partial charge in [0.2, 0.25) is 5.95 Å². The third-order valence-electron chi connectivity index (χ3n) is 2.81. The molecule has 1 aromatic carbocycles. The molecule has 2 N–H and O–H groups in total. The van der Waals surface area contributed by atoms with Crippen LogP contribution in [-0.2, 0) is 10.0 Å². The van der Waals surface area contributed by atoms with Gasteiger partial charge in [-0.25, -0.2) is 17.9 Å². The van der Waals surface area contributed by atoms with E-state index in [1.54, 1.807) is 27.3 Å². The monoisotopic (exact) mass is 515 g/mol. The van der Waals surface area contributed by atoms with E-state index in [-0.39, 0.29) is 47.3 Å². The number of urea groups is 1. The second-order valence-corrected chi connectivity index (χ2v) is 7.58. The van der Waals surface area contributed by atoms with E-state index in [0.29, 0.717) is 3.57 Å². The number of methoxy groups -OCH3 is 1. The number of carbonyl (C=O) groups is 2. The van der Waals surface area contributed by atoms with Gasteiger partial charge in [0, 0.05) is 9.13 Å². The Morgan fingerprint density at radius 3 is 2.48 bits per heavy atom. The van der Waals surface area contributed by atoms with Crippen LogP contribution in [0.3, 0.4) is 0 Å². The van der Waals surface area contributed by atoms with Crippen LogP contribution in [0, 0.1) is 10.5 Å². The molecule has 0 aliphatic rings. The van der Waals surface area contributed by atoms with Crippen LogP contribution in [0.4, 0.5) is 10.7 Å². The molecule has 1 heterocycles. The number of ether oxygens (including phenoxy) is 1. The van der Waals surface area contributed by atoms with Crippen molar-refractivity contribution in [1.29, 1.82) is 0 Å². The van der Waals surface area contributed by atoms with Gasteiger partial charge in [-0.1, -0.05) is 6.07 Å². The second kappa shape index (κ2) is 9.59. The number of carbonyl (C=O) groups excluding carboxylic acids is 2. The summed E-state index contributed by atoms with van der Waals surface area (Å²) in [6.07, 6.45) is 0. The minimum atomic E-state index is -4.49. The molecule has 0 fully saturated rings. The number of halogens is 1. The summed E-state index contributed by atoms with van der Waals surface area (Å²) in [5, 5.41) is 13.2. The van der Waals surface area contributed by atoms with Crippen molar-refractivity contribution in [2.24, 2.45) is 0 Å². The van der Waals surface area contributed by atoms with E-state index >= 15 is 0 Å². The molecule has 0 aliphatic heterocycles. The third kappa shape index (κ3) is 6.24. The van der Waals surface area contributed by atoms with Crippen LogP contribution in [0.1, 0.15) is 16.2 Å². The zero-order valence-electron chi connectivity index (χ0n) is 14.3. The van der Waals surface area contributed by atoms with Gasteiger partial charge in [-0.2, -0.15) is 15.0 Å². The van der Waals surface area contributed by atoms with Gasteiger partial charge in [-0.05, 0) is 41.6 Å². The Morgan fingerprint density at radius 1 is 1.22 bits per heavy atom. The van der Waals surface area contributed by atoms with Crippen LogP contribution in [0.2, 0.25) is 0 Å². The van der Waals surface area contributed by atoms with Crippen LogP contribution in [0.25, 0.3) is 0 Å². The molecule has 0 aliphatic carbocycles. The number of rotatable bonds is 5. The molecule has 0 unspecified atom stereocenters. The number of aryl methyl sites for hydroxylation is 1. The van der Waals surface area contributed by atoms with Gasteiger partial charge in [0.05, 0.1) is 18.0 Å². The average Bonchev–Trinajstić information content (AvgIpc) is 2.53. The Morgan fingerprint density at radius 2 is 1.89 bits per heavy atom. The Kier molecular flexibility index (Phi) is 8.34. The molecule has 138 valence electrons. The second-order valence-electron chi connectivity index (χ2n) is 4.68. The first-order valence-corrected chi connectivity index (χ1v) is 9.30. The fourth-order valence-corrected chi connectivity index (χ4v) is 3.63. The number of nitrogens with one attached hydrogen (secondary N) is 2. The summed E-state index contributed by atoms with van der Waals surface area (Å²) in [5.41, 5.74) is -0.580. The SMILES string of the molecule is COc1nc(C)nc(NC(=O)NS(=O)(=O)c2cc(I)ccc2C(=O)[O-])n1.[Na+]. The molecule has 27 heavy (non-hydrogen) atoms. The van der Waals surface area contributed by atoms with Gasteiger partial charge in [0.25, 0.3) is 10.0 Å². The van der Waals surface area contributed by atoms with Crippen LogP contribution >= 0.6 is 22.6 Å². The van der Waals surface area contributed by atoms with Gasteiger partial charge in [0.15, 0.2) is 0 Å². The van der Waals surface area contributed by atoms with Crippen molar-refractivity contribution < 1.29 is 57.4 Å². The molecule has 2 amide bonds. The summed E-state index contributed by atoms with van der Waals surface area (Å²) in [4.78, 5) is 33.8. The van der Waals surface area contributed by atoms with Crippen molar-refractivity contribution in [2.45, 2.75) is 11.8 Å². The number of aromatic carboxylic acids is 1. The van der Waals surface area contributed by atoms with Gasteiger partial charge in [-0.3, -0.25) is 5.32 Å². The zero-order valence-corrected chi connectivity index (χ0v) is 19.3. The Balaban J connectivity index is 0.00000364. The normalized spacial score (nSPS) is 10.5. The standard InChI is InChI=1S/C13H12IN5O6S.Na/c1-6-15-11(18-13(16-6)25-2)17-12(22)19-26(23,24)9-5-7(14)3-4-8(9)10(20)21;/h3-5H,1-2H3,(H,20,21)(H2,15,16,17,18,19,22);/q;+1/p-1. The zero-order chi connectivity index (χ0) is 19.5. The Bertz CT molecular complexity index is 987. The molecule has 2 rings (SSSR count). The van der Waals surface area contributed by atoms with E-state index in [4.69, 9.17) is 4.74 Å². The van der Waals surface area contributed by atoms with E-state index in [1.807, 2.05) is 0 Å². The predicted molar refractivity (Wildman–Crippen MR) is 93.9 cm³/mol. The van der Waals surface area contributed by atoms with Crippen molar-refractivity contribution in [2.75, 3.05) is 12.4 Å². The number of hydrogen-bond acceptors (Lipinski definition) is 9. The Labute approximate surface area is 189 Å². The molecule has 0 bridgehead atoms. The number of benzene rings is 1. The van der Waals surface area contributed by atoms with Crippen LogP contribution < -0.4 is 49.4 Å². The topological polar surface area (TPSA) is 163 Å². The summed E-state index contributed by atoms with van der Waals surface area (Å²) in [6, 6.07) is 2.29. The smallest absolute Gasteiger partial charge is 0.545 e. The molecule has 2 aromatic rings. The quantitative estimate of drug-likeness (QED) is 0.306. The van der Waals surface area contributed by atoms with E-state index in [2.05, 4.69) is 20.3 Å². The summed E-state index contributed by atoms with van der Waals surface area (Å²) >= 11 is 1.80. The largest absolute Gasteiger partial charge is 1.00 e. The maximum absolute atomic E-state index is 12.4. The summed E-state index contributed by atoms with van der Waals surface area (Å²) in [5.74, 6) is -1.71.